The topological polar surface area (TPSA) is 12.0 Å². The molecule has 1 heteroatoms. The van der Waals surface area contributed by atoms with E-state index in [-0.39, 0.29) is 0 Å². The summed E-state index contributed by atoms with van der Waals surface area (Å²) in [5.74, 6) is 0.669. The molecule has 1 aliphatic heterocycles. The molecule has 1 N–H and O–H groups in total. The van der Waals surface area contributed by atoms with Crippen LogP contribution in [0.2, 0.25) is 0 Å². The van der Waals surface area contributed by atoms with Crippen molar-refractivity contribution >= 4 is 5.57 Å². The van der Waals surface area contributed by atoms with E-state index in [1.54, 1.807) is 11.1 Å². The highest BCUT2D eigenvalue weighted by Gasteiger charge is 2.30. The highest BCUT2D eigenvalue weighted by atomic mass is 14.9. The maximum atomic E-state index is 4.19. The van der Waals surface area contributed by atoms with Gasteiger partial charge >= 0.3 is 0 Å². The van der Waals surface area contributed by atoms with Gasteiger partial charge < -0.3 is 5.32 Å². The van der Waals surface area contributed by atoms with Gasteiger partial charge in [-0.15, -0.1) is 0 Å². The molecule has 102 valence electrons. The normalized spacial score (nSPS) is 25.4. The van der Waals surface area contributed by atoms with Crippen molar-refractivity contribution < 1.29 is 0 Å². The summed E-state index contributed by atoms with van der Waals surface area (Å²) in [4.78, 5) is 0. The molecular weight excluding hydrogens is 230 g/mol. The lowest BCUT2D eigenvalue weighted by atomic mass is 9.75. The third-order valence-electron chi connectivity index (χ3n) is 4.93. The zero-order valence-electron chi connectivity index (χ0n) is 12.5. The van der Waals surface area contributed by atoms with E-state index in [4.69, 9.17) is 0 Å². The standard InChI is InChI=1S/C18H25N/c1-12-5-6-17-13(2)16(8-7-15(12)17)14-9-18(3,4)11-19-10-14/h7-8,14,19H,1,5-6,9-11H2,2-4H3. The molecule has 1 fully saturated rings. The number of rotatable bonds is 1. The summed E-state index contributed by atoms with van der Waals surface area (Å²) in [6.07, 6.45) is 3.63. The second kappa shape index (κ2) is 4.49. The Labute approximate surface area is 117 Å². The number of fused-ring (bicyclic) bond motifs is 1. The Morgan fingerprint density at radius 3 is 2.79 bits per heavy atom. The van der Waals surface area contributed by atoms with E-state index in [0.717, 1.165) is 19.5 Å². The fourth-order valence-corrected chi connectivity index (χ4v) is 3.90. The van der Waals surface area contributed by atoms with Crippen LogP contribution in [0.25, 0.3) is 5.57 Å². The minimum atomic E-state index is 0.415. The van der Waals surface area contributed by atoms with Gasteiger partial charge in [-0.2, -0.15) is 0 Å². The zero-order chi connectivity index (χ0) is 13.6. The third-order valence-corrected chi connectivity index (χ3v) is 4.93. The lowest BCUT2D eigenvalue weighted by Gasteiger charge is -2.37. The fourth-order valence-electron chi connectivity index (χ4n) is 3.90. The van der Waals surface area contributed by atoms with Crippen LogP contribution in [-0.4, -0.2) is 13.1 Å². The van der Waals surface area contributed by atoms with Crippen LogP contribution in [0.4, 0.5) is 0 Å². The Morgan fingerprint density at radius 2 is 2.05 bits per heavy atom. The van der Waals surface area contributed by atoms with Crippen LogP contribution in [0.1, 0.15) is 54.9 Å². The first-order valence-corrected chi connectivity index (χ1v) is 7.49. The first-order chi connectivity index (χ1) is 8.98. The van der Waals surface area contributed by atoms with Crippen molar-refractivity contribution in [2.45, 2.75) is 46.0 Å². The smallest absolute Gasteiger partial charge is 0.00206 e. The second-order valence-corrected chi connectivity index (χ2v) is 7.11. The lowest BCUT2D eigenvalue weighted by molar-refractivity contribution is 0.239. The molecule has 1 heterocycles. The summed E-state index contributed by atoms with van der Waals surface area (Å²) in [6.45, 7) is 13.5. The van der Waals surface area contributed by atoms with Gasteiger partial charge in [-0.3, -0.25) is 0 Å². The Kier molecular flexibility index (Phi) is 3.05. The predicted molar refractivity (Wildman–Crippen MR) is 82.5 cm³/mol. The Bertz CT molecular complexity index is 525. The molecule has 1 saturated heterocycles. The molecule has 1 aliphatic carbocycles. The van der Waals surface area contributed by atoms with Crippen LogP contribution in [0.3, 0.4) is 0 Å². The molecule has 0 spiro atoms. The van der Waals surface area contributed by atoms with Gasteiger partial charge in [-0.05, 0) is 65.3 Å². The van der Waals surface area contributed by atoms with Crippen LogP contribution in [-0.2, 0) is 6.42 Å². The molecule has 1 aromatic carbocycles. The van der Waals surface area contributed by atoms with Crippen LogP contribution >= 0.6 is 0 Å². The van der Waals surface area contributed by atoms with Crippen LogP contribution in [0.5, 0.6) is 0 Å². The lowest BCUT2D eigenvalue weighted by Crippen LogP contribution is -2.40. The maximum absolute atomic E-state index is 4.19. The number of piperidine rings is 1. The van der Waals surface area contributed by atoms with Crippen molar-refractivity contribution in [1.29, 1.82) is 0 Å². The van der Waals surface area contributed by atoms with Crippen molar-refractivity contribution in [2.75, 3.05) is 13.1 Å². The van der Waals surface area contributed by atoms with Crippen molar-refractivity contribution in [2.24, 2.45) is 5.41 Å². The minimum Gasteiger partial charge on any atom is -0.316 e. The van der Waals surface area contributed by atoms with Gasteiger partial charge in [0.25, 0.3) is 0 Å². The highest BCUT2D eigenvalue weighted by molar-refractivity contribution is 5.72. The number of hydrogen-bond acceptors (Lipinski definition) is 1. The summed E-state index contributed by atoms with van der Waals surface area (Å²) in [5.41, 5.74) is 7.81. The molecule has 3 rings (SSSR count). The molecule has 0 bridgehead atoms. The minimum absolute atomic E-state index is 0.415. The molecule has 0 amide bonds. The van der Waals surface area contributed by atoms with E-state index < -0.39 is 0 Å². The molecule has 0 radical (unpaired) electrons. The number of nitrogens with one attached hydrogen (secondary N) is 1. The van der Waals surface area contributed by atoms with Crippen LogP contribution < -0.4 is 5.32 Å². The summed E-state index contributed by atoms with van der Waals surface area (Å²) < 4.78 is 0. The Balaban J connectivity index is 1.96. The van der Waals surface area contributed by atoms with Crippen LogP contribution in [0, 0.1) is 12.3 Å². The average molecular weight is 255 g/mol. The third kappa shape index (κ3) is 2.25. The number of hydrogen-bond donors (Lipinski definition) is 1. The molecule has 2 aliphatic rings. The van der Waals surface area contributed by atoms with E-state index in [1.165, 1.54) is 29.5 Å². The van der Waals surface area contributed by atoms with Gasteiger partial charge in [0.15, 0.2) is 0 Å². The summed E-state index contributed by atoms with van der Waals surface area (Å²) in [5, 5.41) is 3.61. The number of benzene rings is 1. The Hall–Kier alpha value is -1.08. The first kappa shape index (κ1) is 12.9. The second-order valence-electron chi connectivity index (χ2n) is 7.11. The molecule has 1 atom stereocenters. The van der Waals surface area contributed by atoms with E-state index in [9.17, 15) is 0 Å². The number of allylic oxidation sites excluding steroid dienone is 1. The van der Waals surface area contributed by atoms with Crippen molar-refractivity contribution in [3.63, 3.8) is 0 Å². The molecule has 19 heavy (non-hydrogen) atoms. The van der Waals surface area contributed by atoms with E-state index in [2.05, 4.69) is 44.8 Å². The fraction of sp³-hybridized carbons (Fsp3) is 0.556. The highest BCUT2D eigenvalue weighted by Crippen LogP contribution is 2.40. The van der Waals surface area contributed by atoms with Crippen molar-refractivity contribution in [3.8, 4) is 0 Å². The van der Waals surface area contributed by atoms with Crippen LogP contribution in [0.15, 0.2) is 18.7 Å². The van der Waals surface area contributed by atoms with Gasteiger partial charge in [0.05, 0.1) is 0 Å². The largest absolute Gasteiger partial charge is 0.316 e. The van der Waals surface area contributed by atoms with Gasteiger partial charge in [0, 0.05) is 13.1 Å². The average Bonchev–Trinajstić information content (AvgIpc) is 2.71. The molecule has 1 nitrogen and oxygen atoms in total. The monoisotopic (exact) mass is 255 g/mol. The maximum Gasteiger partial charge on any atom is 0.00206 e. The summed E-state index contributed by atoms with van der Waals surface area (Å²) in [7, 11) is 0. The molecule has 1 aromatic rings. The summed E-state index contributed by atoms with van der Waals surface area (Å²) >= 11 is 0. The van der Waals surface area contributed by atoms with Crippen molar-refractivity contribution in [3.05, 3.63) is 41.0 Å². The molecule has 0 saturated carbocycles. The van der Waals surface area contributed by atoms with Gasteiger partial charge in [-0.25, -0.2) is 0 Å². The molecule has 0 aromatic heterocycles. The van der Waals surface area contributed by atoms with Crippen molar-refractivity contribution in [1.82, 2.24) is 5.32 Å². The molecule has 1 unspecified atom stereocenters. The quantitative estimate of drug-likeness (QED) is 0.798. The van der Waals surface area contributed by atoms with Gasteiger partial charge in [-0.1, -0.05) is 32.6 Å². The first-order valence-electron chi connectivity index (χ1n) is 7.49. The Morgan fingerprint density at radius 1 is 1.26 bits per heavy atom. The van der Waals surface area contributed by atoms with E-state index in [0.29, 0.717) is 11.3 Å². The SMILES string of the molecule is C=C1CCc2c1ccc(C1CNCC(C)(C)C1)c2C. The predicted octanol–water partition coefficient (Wildman–Crippen LogP) is 4.06. The summed E-state index contributed by atoms with van der Waals surface area (Å²) in [6, 6.07) is 4.67. The van der Waals surface area contributed by atoms with E-state index in [1.807, 2.05) is 0 Å². The van der Waals surface area contributed by atoms with Gasteiger partial charge in [0.1, 0.15) is 0 Å². The van der Waals surface area contributed by atoms with Gasteiger partial charge in [0.2, 0.25) is 0 Å². The van der Waals surface area contributed by atoms with E-state index >= 15 is 0 Å². The molecular formula is C18H25N. The zero-order valence-corrected chi connectivity index (χ0v) is 12.5.